The molecule has 1 N–H and O–H groups in total. The molecule has 0 bridgehead atoms. The van der Waals surface area contributed by atoms with E-state index in [4.69, 9.17) is 4.74 Å². The van der Waals surface area contributed by atoms with Crippen molar-refractivity contribution >= 4 is 17.3 Å². The minimum atomic E-state index is -0.874. The summed E-state index contributed by atoms with van der Waals surface area (Å²) < 4.78 is 62.2. The third-order valence-electron chi connectivity index (χ3n) is 6.77. The molecule has 0 saturated carbocycles. The molecule has 8 heteroatoms. The van der Waals surface area contributed by atoms with Crippen molar-refractivity contribution in [1.82, 2.24) is 0 Å². The van der Waals surface area contributed by atoms with Gasteiger partial charge in [0.25, 0.3) is 0 Å². The number of benzene rings is 4. The number of esters is 1. The van der Waals surface area contributed by atoms with Gasteiger partial charge >= 0.3 is 5.97 Å². The molecule has 0 amide bonds. The van der Waals surface area contributed by atoms with Crippen molar-refractivity contribution in [3.8, 4) is 0 Å². The highest BCUT2D eigenvalue weighted by molar-refractivity contribution is 5.93. The minimum Gasteiger partial charge on any atom is -0.463 e. The number of hydrogen-bond donors (Lipinski definition) is 1. The Bertz CT molecular complexity index is 1540. The van der Waals surface area contributed by atoms with Crippen LogP contribution >= 0.6 is 0 Å². The first-order valence-electron chi connectivity index (χ1n) is 12.8. The molecule has 4 aromatic carbocycles. The Morgan fingerprint density at radius 2 is 1.40 bits per heavy atom. The zero-order chi connectivity index (χ0) is 28.2. The Hall–Kier alpha value is -4.59. The summed E-state index contributed by atoms with van der Waals surface area (Å²) in [6, 6.07) is 21.9. The highest BCUT2D eigenvalue weighted by Gasteiger charge is 2.42. The molecule has 0 aromatic heterocycles. The molecule has 1 aliphatic heterocycles. The van der Waals surface area contributed by atoms with Gasteiger partial charge in [0.05, 0.1) is 24.3 Å². The molecule has 2 unspecified atom stereocenters. The van der Waals surface area contributed by atoms with Crippen LogP contribution in [0.15, 0.2) is 108 Å². The monoisotopic (exact) mass is 546 g/mol. The molecule has 4 nitrogen and oxygen atoms in total. The van der Waals surface area contributed by atoms with Gasteiger partial charge < -0.3 is 15.0 Å². The van der Waals surface area contributed by atoms with Crippen LogP contribution in [0, 0.1) is 23.3 Å². The fourth-order valence-electron chi connectivity index (χ4n) is 5.09. The molecule has 204 valence electrons. The standard InChI is InChI=1S/C32H26F4N2O2/c1-2-40-32(39)30-28(37-26-7-3-5-24(35)17-26)19-29(20-9-13-22(33)14-10-20)38(27-8-4-6-25(36)18-27)31(30)21-11-15-23(34)16-12-21/h3-18,29,31,37H,2,19H2,1H3. The maximum Gasteiger partial charge on any atom is 0.338 e. The Kier molecular flexibility index (Phi) is 7.86. The van der Waals surface area contributed by atoms with E-state index < -0.39 is 41.3 Å². The number of ether oxygens (including phenoxy) is 1. The first-order valence-corrected chi connectivity index (χ1v) is 12.8. The lowest BCUT2D eigenvalue weighted by Gasteiger charge is -2.46. The summed E-state index contributed by atoms with van der Waals surface area (Å²) in [4.78, 5) is 15.5. The van der Waals surface area contributed by atoms with Crippen molar-refractivity contribution in [2.75, 3.05) is 16.8 Å². The van der Waals surface area contributed by atoms with E-state index >= 15 is 0 Å². The number of halogens is 4. The fraction of sp³-hybridized carbons (Fsp3) is 0.156. The third kappa shape index (κ3) is 5.71. The van der Waals surface area contributed by atoms with Crippen molar-refractivity contribution in [3.63, 3.8) is 0 Å². The van der Waals surface area contributed by atoms with E-state index in [1.807, 2.05) is 4.90 Å². The predicted octanol–water partition coefficient (Wildman–Crippen LogP) is 7.87. The van der Waals surface area contributed by atoms with Gasteiger partial charge in [0, 0.05) is 23.5 Å². The number of hydrogen-bond acceptors (Lipinski definition) is 4. The molecule has 1 heterocycles. The summed E-state index contributed by atoms with van der Waals surface area (Å²) in [5, 5.41) is 3.21. The second-order valence-corrected chi connectivity index (χ2v) is 9.36. The molecule has 0 saturated heterocycles. The summed E-state index contributed by atoms with van der Waals surface area (Å²) in [5.41, 5.74) is 2.75. The van der Waals surface area contributed by atoms with E-state index in [9.17, 15) is 22.4 Å². The highest BCUT2D eigenvalue weighted by Crippen LogP contribution is 2.48. The average Bonchev–Trinajstić information content (AvgIpc) is 2.93. The van der Waals surface area contributed by atoms with Gasteiger partial charge in [-0.25, -0.2) is 22.4 Å². The van der Waals surface area contributed by atoms with Crippen LogP contribution in [0.5, 0.6) is 0 Å². The molecule has 0 radical (unpaired) electrons. The summed E-state index contributed by atoms with van der Waals surface area (Å²) in [7, 11) is 0. The van der Waals surface area contributed by atoms with E-state index in [0.717, 1.165) is 0 Å². The Morgan fingerprint density at radius 1 is 0.800 bits per heavy atom. The first-order chi connectivity index (χ1) is 19.3. The summed E-state index contributed by atoms with van der Waals surface area (Å²) >= 11 is 0. The lowest BCUT2D eigenvalue weighted by atomic mass is 9.84. The number of carbonyl (C=O) groups excluding carboxylic acids is 1. The Morgan fingerprint density at radius 3 is 2.00 bits per heavy atom. The van der Waals surface area contributed by atoms with Gasteiger partial charge in [-0.2, -0.15) is 0 Å². The van der Waals surface area contributed by atoms with E-state index in [-0.39, 0.29) is 18.6 Å². The lowest BCUT2D eigenvalue weighted by Crippen LogP contribution is -2.41. The van der Waals surface area contributed by atoms with Gasteiger partial charge in [-0.05, 0) is 78.7 Å². The first kappa shape index (κ1) is 27.0. The average molecular weight is 547 g/mol. The lowest BCUT2D eigenvalue weighted by molar-refractivity contribution is -0.139. The van der Waals surface area contributed by atoms with Crippen LogP contribution in [0.2, 0.25) is 0 Å². The van der Waals surface area contributed by atoms with Crippen molar-refractivity contribution in [2.24, 2.45) is 0 Å². The van der Waals surface area contributed by atoms with E-state index in [1.54, 1.807) is 55.5 Å². The van der Waals surface area contributed by atoms with Crippen molar-refractivity contribution < 1.29 is 27.1 Å². The summed E-state index contributed by atoms with van der Waals surface area (Å²) in [6.45, 7) is 1.77. The van der Waals surface area contributed by atoms with Crippen molar-refractivity contribution in [1.29, 1.82) is 0 Å². The van der Waals surface area contributed by atoms with Crippen LogP contribution in [-0.2, 0) is 9.53 Å². The number of carbonyl (C=O) groups is 1. The molecule has 0 spiro atoms. The predicted molar refractivity (Wildman–Crippen MR) is 145 cm³/mol. The van der Waals surface area contributed by atoms with Crippen molar-refractivity contribution in [2.45, 2.75) is 25.4 Å². The van der Waals surface area contributed by atoms with Gasteiger partial charge in [-0.1, -0.05) is 36.4 Å². The van der Waals surface area contributed by atoms with Crippen LogP contribution < -0.4 is 10.2 Å². The third-order valence-corrected chi connectivity index (χ3v) is 6.77. The maximum absolute atomic E-state index is 14.6. The zero-order valence-corrected chi connectivity index (χ0v) is 21.6. The van der Waals surface area contributed by atoms with E-state index in [2.05, 4.69) is 5.32 Å². The molecular weight excluding hydrogens is 520 g/mol. The normalized spacial score (nSPS) is 17.1. The SMILES string of the molecule is CCOC(=O)C1=C(Nc2cccc(F)c2)CC(c2ccc(F)cc2)N(c2cccc(F)c2)C1c1ccc(F)cc1. The second-order valence-electron chi connectivity index (χ2n) is 9.36. The van der Waals surface area contributed by atoms with Gasteiger partial charge in [-0.15, -0.1) is 0 Å². The summed E-state index contributed by atoms with van der Waals surface area (Å²) in [5.74, 6) is -2.47. The fourth-order valence-corrected chi connectivity index (χ4v) is 5.09. The second kappa shape index (κ2) is 11.7. The van der Waals surface area contributed by atoms with Gasteiger partial charge in [0.15, 0.2) is 0 Å². The molecule has 4 aromatic rings. The van der Waals surface area contributed by atoms with Crippen LogP contribution in [0.1, 0.15) is 36.6 Å². The molecule has 5 rings (SSSR count). The van der Waals surface area contributed by atoms with Gasteiger partial charge in [0.2, 0.25) is 0 Å². The topological polar surface area (TPSA) is 41.6 Å². The number of nitrogens with zero attached hydrogens (tertiary/aromatic N) is 1. The molecule has 1 aliphatic rings. The van der Waals surface area contributed by atoms with E-state index in [1.165, 1.54) is 48.5 Å². The minimum absolute atomic E-state index is 0.0903. The number of rotatable bonds is 7. The maximum atomic E-state index is 14.6. The molecule has 40 heavy (non-hydrogen) atoms. The van der Waals surface area contributed by atoms with Crippen LogP contribution in [-0.4, -0.2) is 12.6 Å². The van der Waals surface area contributed by atoms with Gasteiger partial charge in [-0.3, -0.25) is 0 Å². The molecule has 0 aliphatic carbocycles. The van der Waals surface area contributed by atoms with Crippen molar-refractivity contribution in [3.05, 3.63) is 143 Å². The largest absolute Gasteiger partial charge is 0.463 e. The van der Waals surface area contributed by atoms with Gasteiger partial charge in [0.1, 0.15) is 23.3 Å². The molecular formula is C32H26F4N2O2. The number of anilines is 2. The van der Waals surface area contributed by atoms with Crippen LogP contribution in [0.3, 0.4) is 0 Å². The smallest absolute Gasteiger partial charge is 0.338 e. The zero-order valence-electron chi connectivity index (χ0n) is 21.6. The van der Waals surface area contributed by atoms with E-state index in [0.29, 0.717) is 28.2 Å². The molecule has 2 atom stereocenters. The Balaban J connectivity index is 1.79. The Labute approximate surface area is 229 Å². The highest BCUT2D eigenvalue weighted by atomic mass is 19.1. The quantitative estimate of drug-likeness (QED) is 0.189. The van der Waals surface area contributed by atoms with Crippen LogP contribution in [0.4, 0.5) is 28.9 Å². The molecule has 0 fully saturated rings. The number of nitrogens with one attached hydrogen (secondary N) is 1. The van der Waals surface area contributed by atoms with Crippen LogP contribution in [0.25, 0.3) is 0 Å². The summed E-state index contributed by atoms with van der Waals surface area (Å²) in [6.07, 6.45) is 0.185.